The lowest BCUT2D eigenvalue weighted by Crippen LogP contribution is -2.44. The molecule has 3 atom stereocenters. The molecule has 3 aromatic carbocycles. The normalized spacial score (nSPS) is 24.0. The second-order valence-corrected chi connectivity index (χ2v) is 9.85. The number of hydrogen-bond donors (Lipinski definition) is 1. The minimum atomic E-state index is -0.674. The molecule has 0 saturated carbocycles. The van der Waals surface area contributed by atoms with Crippen LogP contribution < -0.4 is 4.90 Å². The van der Waals surface area contributed by atoms with Crippen molar-refractivity contribution in [3.8, 4) is 0 Å². The first-order valence-electron chi connectivity index (χ1n) is 13.0. The van der Waals surface area contributed by atoms with E-state index < -0.39 is 6.29 Å². The average molecular weight is 515 g/mol. The Morgan fingerprint density at radius 2 is 1.53 bits per heavy atom. The van der Waals surface area contributed by atoms with Crippen molar-refractivity contribution < 1.29 is 28.9 Å². The lowest BCUT2D eigenvalue weighted by molar-refractivity contribution is -0.253. The maximum absolute atomic E-state index is 13.1. The third kappa shape index (κ3) is 4.89. The van der Waals surface area contributed by atoms with Crippen LogP contribution >= 0.6 is 0 Å². The van der Waals surface area contributed by atoms with Crippen molar-refractivity contribution in [3.05, 3.63) is 101 Å². The summed E-state index contributed by atoms with van der Waals surface area (Å²) in [7, 11) is 0. The number of carbonyl (C=O) groups excluding carboxylic acids is 2. The van der Waals surface area contributed by atoms with Crippen LogP contribution in [0.4, 0.5) is 5.69 Å². The van der Waals surface area contributed by atoms with E-state index in [1.807, 2.05) is 36.4 Å². The van der Waals surface area contributed by atoms with E-state index in [2.05, 4.69) is 4.90 Å². The Morgan fingerprint density at radius 3 is 2.21 bits per heavy atom. The highest BCUT2D eigenvalue weighted by Crippen LogP contribution is 2.39. The lowest BCUT2D eigenvalue weighted by atomic mass is 9.99. The van der Waals surface area contributed by atoms with E-state index in [9.17, 15) is 14.7 Å². The summed E-state index contributed by atoms with van der Waals surface area (Å²) < 4.78 is 18.4. The van der Waals surface area contributed by atoms with Crippen molar-refractivity contribution in [1.82, 2.24) is 4.90 Å². The summed E-state index contributed by atoms with van der Waals surface area (Å²) in [4.78, 5) is 29.7. The van der Waals surface area contributed by atoms with Crippen molar-refractivity contribution in [3.63, 3.8) is 0 Å². The molecule has 6 rings (SSSR count). The molecular formula is C30H30N2O6. The summed E-state index contributed by atoms with van der Waals surface area (Å²) in [6, 6.07) is 21.9. The number of benzene rings is 3. The molecule has 0 aliphatic carbocycles. The SMILES string of the molecule is O=C1c2ccccc2C(=O)N1c1cccc(C2OC(CN3CCOCC3)CC(c3ccc(CO)cc3)O2)c1. The monoisotopic (exact) mass is 514 g/mol. The molecule has 2 fully saturated rings. The summed E-state index contributed by atoms with van der Waals surface area (Å²) in [6.45, 7) is 3.88. The molecule has 38 heavy (non-hydrogen) atoms. The van der Waals surface area contributed by atoms with Crippen molar-refractivity contribution in [2.24, 2.45) is 0 Å². The number of amides is 2. The molecule has 0 aromatic heterocycles. The maximum atomic E-state index is 13.1. The number of carbonyl (C=O) groups is 2. The van der Waals surface area contributed by atoms with E-state index in [4.69, 9.17) is 14.2 Å². The number of morpholine rings is 1. The molecule has 8 heteroatoms. The zero-order chi connectivity index (χ0) is 26.1. The standard InChI is InChI=1S/C30H30N2O6/c33-19-20-8-10-21(11-9-20)27-17-24(18-31-12-14-36-15-13-31)37-30(38-27)22-4-3-5-23(16-22)32-28(34)25-6-1-2-7-26(25)29(32)35/h1-11,16,24,27,30,33H,12-15,17-19H2. The smallest absolute Gasteiger partial charge is 0.266 e. The number of aliphatic hydroxyl groups excluding tert-OH is 1. The fourth-order valence-corrected chi connectivity index (χ4v) is 5.34. The molecule has 0 radical (unpaired) electrons. The average Bonchev–Trinajstić information content (AvgIpc) is 3.23. The highest BCUT2D eigenvalue weighted by Gasteiger charge is 2.38. The molecule has 8 nitrogen and oxygen atoms in total. The molecular weight excluding hydrogens is 484 g/mol. The Hall–Kier alpha value is -3.40. The molecule has 3 aromatic rings. The molecule has 2 amide bonds. The number of anilines is 1. The number of ether oxygens (including phenoxy) is 3. The predicted octanol–water partition coefficient (Wildman–Crippen LogP) is 3.86. The van der Waals surface area contributed by atoms with Gasteiger partial charge in [0, 0.05) is 31.6 Å². The van der Waals surface area contributed by atoms with E-state index in [1.54, 1.807) is 36.4 Å². The predicted molar refractivity (Wildman–Crippen MR) is 140 cm³/mol. The molecule has 0 spiro atoms. The fourth-order valence-electron chi connectivity index (χ4n) is 5.34. The van der Waals surface area contributed by atoms with Gasteiger partial charge in [0.15, 0.2) is 6.29 Å². The second-order valence-electron chi connectivity index (χ2n) is 9.85. The summed E-state index contributed by atoms with van der Waals surface area (Å²) >= 11 is 0. The number of fused-ring (bicyclic) bond motifs is 1. The summed E-state index contributed by atoms with van der Waals surface area (Å²) in [5.41, 5.74) is 3.90. The molecule has 3 unspecified atom stereocenters. The van der Waals surface area contributed by atoms with Crippen molar-refractivity contribution in [2.45, 2.75) is 31.5 Å². The second kappa shape index (κ2) is 10.8. The van der Waals surface area contributed by atoms with Gasteiger partial charge in [-0.05, 0) is 35.4 Å². The van der Waals surface area contributed by atoms with E-state index >= 15 is 0 Å². The van der Waals surface area contributed by atoms with Crippen LogP contribution in [0.15, 0.2) is 72.8 Å². The van der Waals surface area contributed by atoms with Gasteiger partial charge in [-0.2, -0.15) is 0 Å². The van der Waals surface area contributed by atoms with Crippen LogP contribution in [0.25, 0.3) is 0 Å². The summed E-state index contributed by atoms with van der Waals surface area (Å²) in [5, 5.41) is 9.45. The number of rotatable bonds is 6. The third-order valence-electron chi connectivity index (χ3n) is 7.38. The van der Waals surface area contributed by atoms with Gasteiger partial charge in [-0.1, -0.05) is 48.5 Å². The molecule has 1 N–H and O–H groups in total. The van der Waals surface area contributed by atoms with Crippen LogP contribution in [-0.2, 0) is 20.8 Å². The quantitative estimate of drug-likeness (QED) is 0.500. The highest BCUT2D eigenvalue weighted by atomic mass is 16.7. The van der Waals surface area contributed by atoms with Gasteiger partial charge in [0.05, 0.1) is 48.8 Å². The van der Waals surface area contributed by atoms with E-state index in [-0.39, 0.29) is 30.6 Å². The number of aliphatic hydroxyl groups is 1. The van der Waals surface area contributed by atoms with Crippen LogP contribution in [0.5, 0.6) is 0 Å². The van der Waals surface area contributed by atoms with E-state index in [0.29, 0.717) is 36.4 Å². The largest absolute Gasteiger partial charge is 0.392 e. The Bertz CT molecular complexity index is 1290. The topological polar surface area (TPSA) is 88.5 Å². The van der Waals surface area contributed by atoms with Crippen LogP contribution in [0, 0.1) is 0 Å². The van der Waals surface area contributed by atoms with Crippen molar-refractivity contribution >= 4 is 17.5 Å². The third-order valence-corrected chi connectivity index (χ3v) is 7.38. The van der Waals surface area contributed by atoms with Crippen molar-refractivity contribution in [1.29, 1.82) is 0 Å². The van der Waals surface area contributed by atoms with Gasteiger partial charge in [0.1, 0.15) is 0 Å². The van der Waals surface area contributed by atoms with Gasteiger partial charge in [0.25, 0.3) is 11.8 Å². The van der Waals surface area contributed by atoms with Crippen LogP contribution in [0.2, 0.25) is 0 Å². The van der Waals surface area contributed by atoms with Crippen LogP contribution in [0.3, 0.4) is 0 Å². The van der Waals surface area contributed by atoms with Gasteiger partial charge in [-0.3, -0.25) is 14.5 Å². The lowest BCUT2D eigenvalue weighted by Gasteiger charge is -2.39. The van der Waals surface area contributed by atoms with Gasteiger partial charge in [-0.25, -0.2) is 4.90 Å². The zero-order valence-corrected chi connectivity index (χ0v) is 21.0. The molecule has 0 bridgehead atoms. The molecule has 2 saturated heterocycles. The highest BCUT2D eigenvalue weighted by molar-refractivity contribution is 6.34. The Kier molecular flexibility index (Phi) is 7.06. The minimum absolute atomic E-state index is 0.0121. The number of nitrogens with zero attached hydrogens (tertiary/aromatic N) is 2. The van der Waals surface area contributed by atoms with Gasteiger partial charge in [-0.15, -0.1) is 0 Å². The molecule has 3 aliphatic rings. The maximum Gasteiger partial charge on any atom is 0.266 e. The summed E-state index contributed by atoms with van der Waals surface area (Å²) in [5.74, 6) is -0.666. The minimum Gasteiger partial charge on any atom is -0.392 e. The Balaban J connectivity index is 1.27. The Labute approximate surface area is 221 Å². The first-order valence-corrected chi connectivity index (χ1v) is 13.0. The van der Waals surface area contributed by atoms with Crippen LogP contribution in [-0.4, -0.2) is 60.8 Å². The van der Waals surface area contributed by atoms with E-state index in [1.165, 1.54) is 4.90 Å². The molecule has 196 valence electrons. The van der Waals surface area contributed by atoms with Gasteiger partial charge in [0.2, 0.25) is 0 Å². The first-order chi connectivity index (χ1) is 18.6. The van der Waals surface area contributed by atoms with Crippen LogP contribution in [0.1, 0.15) is 56.2 Å². The first kappa shape index (κ1) is 24.9. The van der Waals surface area contributed by atoms with E-state index in [0.717, 1.165) is 36.3 Å². The Morgan fingerprint density at radius 1 is 0.816 bits per heavy atom. The number of imide groups is 1. The molecule has 3 heterocycles. The molecule has 3 aliphatic heterocycles. The fraction of sp³-hybridized carbons (Fsp3) is 0.333. The zero-order valence-electron chi connectivity index (χ0n) is 21.0. The summed E-state index contributed by atoms with van der Waals surface area (Å²) in [6.07, 6.45) is -0.287. The number of hydrogen-bond acceptors (Lipinski definition) is 7. The van der Waals surface area contributed by atoms with Gasteiger partial charge < -0.3 is 19.3 Å². The van der Waals surface area contributed by atoms with Crippen molar-refractivity contribution in [2.75, 3.05) is 37.7 Å². The van der Waals surface area contributed by atoms with Gasteiger partial charge >= 0.3 is 0 Å².